The lowest BCUT2D eigenvalue weighted by molar-refractivity contribution is 0.0139. The number of hydrogen-bond acceptors (Lipinski definition) is 4. The Bertz CT molecular complexity index is 490. The van der Waals surface area contributed by atoms with E-state index >= 15 is 0 Å². The standard InChI is InChI=1S/C16H24FN3O3/c1-2-23-12-15(21)11-19-7-9-20(10-8-19)16(22)18-14-5-3-13(17)4-6-14/h3-6,15,21H,2,7-12H2,1H3,(H,18,22). The maximum Gasteiger partial charge on any atom is 0.321 e. The summed E-state index contributed by atoms with van der Waals surface area (Å²) in [6, 6.07) is 5.51. The van der Waals surface area contributed by atoms with E-state index in [0.717, 1.165) is 0 Å². The van der Waals surface area contributed by atoms with Crippen LogP contribution in [0.1, 0.15) is 6.92 Å². The molecule has 128 valence electrons. The van der Waals surface area contributed by atoms with Crippen molar-refractivity contribution in [1.29, 1.82) is 0 Å². The van der Waals surface area contributed by atoms with Crippen molar-refractivity contribution in [2.45, 2.75) is 13.0 Å². The summed E-state index contributed by atoms with van der Waals surface area (Å²) in [5, 5.41) is 12.6. The number of anilines is 1. The molecule has 1 saturated heterocycles. The topological polar surface area (TPSA) is 65.0 Å². The zero-order chi connectivity index (χ0) is 16.7. The molecule has 1 aliphatic rings. The highest BCUT2D eigenvalue weighted by Crippen LogP contribution is 2.11. The van der Waals surface area contributed by atoms with Crippen molar-refractivity contribution in [3.05, 3.63) is 30.1 Å². The number of piperazine rings is 1. The maximum atomic E-state index is 12.8. The van der Waals surface area contributed by atoms with Crippen molar-refractivity contribution in [2.24, 2.45) is 0 Å². The summed E-state index contributed by atoms with van der Waals surface area (Å²) in [5.41, 5.74) is 0.575. The fraction of sp³-hybridized carbons (Fsp3) is 0.562. The largest absolute Gasteiger partial charge is 0.389 e. The van der Waals surface area contributed by atoms with Gasteiger partial charge in [0.25, 0.3) is 0 Å². The molecule has 2 N–H and O–H groups in total. The van der Waals surface area contributed by atoms with Crippen molar-refractivity contribution in [3.8, 4) is 0 Å². The Morgan fingerprint density at radius 2 is 1.96 bits per heavy atom. The number of nitrogens with zero attached hydrogens (tertiary/aromatic N) is 2. The lowest BCUT2D eigenvalue weighted by Gasteiger charge is -2.35. The van der Waals surface area contributed by atoms with Crippen molar-refractivity contribution >= 4 is 11.7 Å². The van der Waals surface area contributed by atoms with Crippen molar-refractivity contribution < 1.29 is 19.0 Å². The van der Waals surface area contributed by atoms with Crippen molar-refractivity contribution in [3.63, 3.8) is 0 Å². The van der Waals surface area contributed by atoms with E-state index in [0.29, 0.717) is 51.6 Å². The molecular formula is C16H24FN3O3. The molecule has 23 heavy (non-hydrogen) atoms. The van der Waals surface area contributed by atoms with Crippen LogP contribution in [0.5, 0.6) is 0 Å². The van der Waals surface area contributed by atoms with Crippen LogP contribution >= 0.6 is 0 Å². The third-order valence-corrected chi connectivity index (χ3v) is 3.74. The van der Waals surface area contributed by atoms with E-state index < -0.39 is 6.10 Å². The van der Waals surface area contributed by atoms with Crippen LogP contribution in [0.25, 0.3) is 0 Å². The quantitative estimate of drug-likeness (QED) is 0.829. The SMILES string of the molecule is CCOCC(O)CN1CCN(C(=O)Nc2ccc(F)cc2)CC1. The third kappa shape index (κ3) is 5.78. The number of carbonyl (C=O) groups excluding carboxylic acids is 1. The van der Waals surface area contributed by atoms with Gasteiger partial charge in [-0.3, -0.25) is 4.90 Å². The maximum absolute atomic E-state index is 12.8. The number of benzene rings is 1. The van der Waals surface area contributed by atoms with E-state index in [2.05, 4.69) is 10.2 Å². The molecule has 2 amide bonds. The second kappa shape index (κ2) is 8.81. The highest BCUT2D eigenvalue weighted by atomic mass is 19.1. The summed E-state index contributed by atoms with van der Waals surface area (Å²) in [6.07, 6.45) is -0.505. The first-order chi connectivity index (χ1) is 11.1. The minimum atomic E-state index is -0.505. The fourth-order valence-corrected chi connectivity index (χ4v) is 2.47. The smallest absolute Gasteiger partial charge is 0.321 e. The minimum absolute atomic E-state index is 0.189. The monoisotopic (exact) mass is 325 g/mol. The lowest BCUT2D eigenvalue weighted by atomic mass is 10.2. The van der Waals surface area contributed by atoms with Crippen LogP contribution in [0.4, 0.5) is 14.9 Å². The Labute approximate surface area is 135 Å². The molecule has 1 atom stereocenters. The number of carbonyl (C=O) groups is 1. The van der Waals surface area contributed by atoms with Gasteiger partial charge in [-0.15, -0.1) is 0 Å². The molecule has 1 aromatic carbocycles. The van der Waals surface area contributed by atoms with Gasteiger partial charge in [0.1, 0.15) is 5.82 Å². The third-order valence-electron chi connectivity index (χ3n) is 3.74. The normalized spacial score (nSPS) is 17.1. The van der Waals surface area contributed by atoms with Crippen molar-refractivity contribution in [1.82, 2.24) is 9.80 Å². The molecule has 1 unspecified atom stereocenters. The van der Waals surface area contributed by atoms with E-state index in [9.17, 15) is 14.3 Å². The van der Waals surface area contributed by atoms with Gasteiger partial charge in [-0.05, 0) is 31.2 Å². The lowest BCUT2D eigenvalue weighted by Crippen LogP contribution is -2.51. The molecule has 0 saturated carbocycles. The van der Waals surface area contributed by atoms with E-state index in [4.69, 9.17) is 4.74 Å². The molecule has 0 aliphatic carbocycles. The fourth-order valence-electron chi connectivity index (χ4n) is 2.47. The van der Waals surface area contributed by atoms with Crippen LogP contribution < -0.4 is 5.32 Å². The Balaban J connectivity index is 1.73. The summed E-state index contributed by atoms with van der Waals surface area (Å²) >= 11 is 0. The predicted octanol–water partition coefficient (Wildman–Crippen LogP) is 1.37. The van der Waals surface area contributed by atoms with E-state index in [1.54, 1.807) is 4.90 Å². The molecule has 1 fully saturated rings. The molecule has 1 aromatic rings. The van der Waals surface area contributed by atoms with Gasteiger partial charge >= 0.3 is 6.03 Å². The van der Waals surface area contributed by atoms with Gasteiger partial charge in [0.05, 0.1) is 12.7 Å². The van der Waals surface area contributed by atoms with Crippen molar-refractivity contribution in [2.75, 3.05) is 51.3 Å². The van der Waals surface area contributed by atoms with Crippen LogP contribution in [0, 0.1) is 5.82 Å². The van der Waals surface area contributed by atoms with Gasteiger partial charge < -0.3 is 20.1 Å². The Morgan fingerprint density at radius 3 is 2.57 bits per heavy atom. The summed E-state index contributed by atoms with van der Waals surface area (Å²) in [4.78, 5) is 16.0. The number of urea groups is 1. The van der Waals surface area contributed by atoms with Gasteiger partial charge in [-0.2, -0.15) is 0 Å². The number of halogens is 1. The zero-order valence-electron chi connectivity index (χ0n) is 13.4. The number of nitrogens with one attached hydrogen (secondary N) is 1. The molecule has 2 rings (SSSR count). The first-order valence-corrected chi connectivity index (χ1v) is 7.88. The second-order valence-electron chi connectivity index (χ2n) is 5.54. The molecule has 1 heterocycles. The number of β-amino-alcohol motifs (C(OH)–C–C–N with tert-alkyl or cyclic N) is 1. The molecule has 7 heteroatoms. The first-order valence-electron chi connectivity index (χ1n) is 7.88. The molecule has 0 spiro atoms. The molecule has 0 bridgehead atoms. The van der Waals surface area contributed by atoms with Crippen LogP contribution in [-0.4, -0.2) is 73.0 Å². The van der Waals surface area contributed by atoms with E-state index in [1.807, 2.05) is 6.92 Å². The van der Waals surface area contributed by atoms with Crippen LogP contribution in [-0.2, 0) is 4.74 Å². The summed E-state index contributed by atoms with van der Waals surface area (Å²) < 4.78 is 18.0. The summed E-state index contributed by atoms with van der Waals surface area (Å²) in [5.74, 6) is -0.331. The Hall–Kier alpha value is -1.70. The number of amides is 2. The molecule has 1 aliphatic heterocycles. The Kier molecular flexibility index (Phi) is 6.76. The minimum Gasteiger partial charge on any atom is -0.389 e. The summed E-state index contributed by atoms with van der Waals surface area (Å²) in [7, 11) is 0. The van der Waals surface area contributed by atoms with Gasteiger partial charge in [-0.25, -0.2) is 9.18 Å². The zero-order valence-corrected chi connectivity index (χ0v) is 13.4. The average Bonchev–Trinajstić information content (AvgIpc) is 2.55. The van der Waals surface area contributed by atoms with Gasteiger partial charge in [0.15, 0.2) is 0 Å². The van der Waals surface area contributed by atoms with Gasteiger partial charge in [-0.1, -0.05) is 0 Å². The molecular weight excluding hydrogens is 301 g/mol. The first kappa shape index (κ1) is 17.7. The van der Waals surface area contributed by atoms with E-state index in [1.165, 1.54) is 24.3 Å². The number of rotatable bonds is 6. The summed E-state index contributed by atoms with van der Waals surface area (Å²) in [6.45, 7) is 5.97. The highest BCUT2D eigenvalue weighted by Gasteiger charge is 2.22. The van der Waals surface area contributed by atoms with Crippen LogP contribution in [0.2, 0.25) is 0 Å². The number of aliphatic hydroxyl groups is 1. The Morgan fingerprint density at radius 1 is 1.30 bits per heavy atom. The van der Waals surface area contributed by atoms with Crippen LogP contribution in [0.3, 0.4) is 0 Å². The number of aliphatic hydroxyl groups excluding tert-OH is 1. The molecule has 6 nitrogen and oxygen atoms in total. The molecule has 0 aromatic heterocycles. The average molecular weight is 325 g/mol. The number of hydrogen-bond donors (Lipinski definition) is 2. The predicted molar refractivity (Wildman–Crippen MR) is 85.9 cm³/mol. The molecule has 0 radical (unpaired) electrons. The second-order valence-corrected chi connectivity index (χ2v) is 5.54. The number of ether oxygens (including phenoxy) is 1. The van der Waals surface area contributed by atoms with Gasteiger partial charge in [0.2, 0.25) is 0 Å². The van der Waals surface area contributed by atoms with E-state index in [-0.39, 0.29) is 11.8 Å². The van der Waals surface area contributed by atoms with Crippen LogP contribution in [0.15, 0.2) is 24.3 Å². The highest BCUT2D eigenvalue weighted by molar-refractivity contribution is 5.89. The van der Waals surface area contributed by atoms with Gasteiger partial charge in [0, 0.05) is 45.0 Å².